The van der Waals surface area contributed by atoms with Crippen molar-refractivity contribution in [2.75, 3.05) is 4.90 Å². The molecule has 0 unspecified atom stereocenters. The van der Waals surface area contributed by atoms with Crippen LogP contribution in [0, 0.1) is 13.8 Å². The Labute approximate surface area is 174 Å². The highest BCUT2D eigenvalue weighted by atomic mass is 16.2. The van der Waals surface area contributed by atoms with E-state index in [2.05, 4.69) is 76.2 Å². The van der Waals surface area contributed by atoms with Gasteiger partial charge in [0.1, 0.15) is 0 Å². The molecule has 2 heteroatoms. The molecular weight excluding hydrogens is 354 g/mol. The molecule has 0 aromatic heterocycles. The number of amides is 1. The van der Waals surface area contributed by atoms with Gasteiger partial charge in [-0.2, -0.15) is 0 Å². The van der Waals surface area contributed by atoms with Gasteiger partial charge < -0.3 is 4.90 Å². The van der Waals surface area contributed by atoms with Gasteiger partial charge in [0.25, 0.3) is 5.91 Å². The number of carbonyl (C=O) groups is 1. The van der Waals surface area contributed by atoms with Crippen LogP contribution in [0.25, 0.3) is 0 Å². The van der Waals surface area contributed by atoms with Crippen molar-refractivity contribution in [3.63, 3.8) is 0 Å². The molecule has 0 fully saturated rings. The van der Waals surface area contributed by atoms with Crippen LogP contribution in [-0.4, -0.2) is 11.4 Å². The van der Waals surface area contributed by atoms with E-state index in [1.807, 2.05) is 36.1 Å². The Morgan fingerprint density at radius 3 is 2.10 bits per heavy atom. The molecule has 1 aliphatic rings. The summed E-state index contributed by atoms with van der Waals surface area (Å²) in [5.41, 5.74) is 6.17. The molecule has 1 heterocycles. The number of benzene rings is 3. The van der Waals surface area contributed by atoms with Crippen LogP contribution in [0.4, 0.5) is 5.69 Å². The normalized spacial score (nSPS) is 20.2. The van der Waals surface area contributed by atoms with E-state index in [1.165, 1.54) is 16.7 Å². The van der Waals surface area contributed by atoms with E-state index in [0.29, 0.717) is 0 Å². The van der Waals surface area contributed by atoms with Crippen molar-refractivity contribution in [2.45, 2.75) is 52.0 Å². The Bertz CT molecular complexity index is 1050. The van der Waals surface area contributed by atoms with E-state index in [9.17, 15) is 4.79 Å². The molecule has 148 valence electrons. The number of nitrogens with zero attached hydrogens (tertiary/aromatic N) is 1. The van der Waals surface area contributed by atoms with E-state index in [4.69, 9.17) is 0 Å². The van der Waals surface area contributed by atoms with Crippen LogP contribution in [0.2, 0.25) is 0 Å². The van der Waals surface area contributed by atoms with Crippen molar-refractivity contribution in [1.82, 2.24) is 0 Å². The topological polar surface area (TPSA) is 20.3 Å². The average Bonchev–Trinajstić information content (AvgIpc) is 2.69. The quantitative estimate of drug-likeness (QED) is 0.499. The first kappa shape index (κ1) is 19.4. The Kier molecular flexibility index (Phi) is 4.61. The molecule has 2 nitrogen and oxygen atoms in total. The third-order valence-electron chi connectivity index (χ3n) is 6.29. The molecule has 0 N–H and O–H groups in total. The minimum atomic E-state index is -0.325. The van der Waals surface area contributed by atoms with E-state index >= 15 is 0 Å². The summed E-state index contributed by atoms with van der Waals surface area (Å²) in [5.74, 6) is 0.0650. The van der Waals surface area contributed by atoms with Crippen LogP contribution >= 0.6 is 0 Å². The molecule has 3 aromatic rings. The number of anilines is 1. The maximum atomic E-state index is 13.6. The molecule has 1 aliphatic heterocycles. The first-order chi connectivity index (χ1) is 13.7. The summed E-state index contributed by atoms with van der Waals surface area (Å²) in [6, 6.07) is 25.1. The maximum absolute atomic E-state index is 13.6. The summed E-state index contributed by atoms with van der Waals surface area (Å²) in [4.78, 5) is 15.7. The van der Waals surface area contributed by atoms with Crippen molar-refractivity contribution >= 4 is 11.6 Å². The molecule has 0 saturated carbocycles. The predicted molar refractivity (Wildman–Crippen MR) is 121 cm³/mol. The van der Waals surface area contributed by atoms with Gasteiger partial charge in [-0.05, 0) is 63.4 Å². The van der Waals surface area contributed by atoms with Crippen LogP contribution in [0.5, 0.6) is 0 Å². The van der Waals surface area contributed by atoms with Gasteiger partial charge in [0.15, 0.2) is 0 Å². The molecular formula is C27H29NO. The van der Waals surface area contributed by atoms with E-state index in [0.717, 1.165) is 23.2 Å². The monoisotopic (exact) mass is 383 g/mol. The van der Waals surface area contributed by atoms with Crippen LogP contribution in [0.3, 0.4) is 0 Å². The molecule has 1 amide bonds. The summed E-state index contributed by atoms with van der Waals surface area (Å²) >= 11 is 0. The molecule has 1 atom stereocenters. The lowest BCUT2D eigenvalue weighted by Gasteiger charge is -2.51. The third kappa shape index (κ3) is 3.27. The highest BCUT2D eigenvalue weighted by Crippen LogP contribution is 2.51. The smallest absolute Gasteiger partial charge is 0.258 e. The van der Waals surface area contributed by atoms with E-state index in [1.54, 1.807) is 0 Å². The zero-order valence-electron chi connectivity index (χ0n) is 18.0. The number of hydrogen-bond donors (Lipinski definition) is 0. The Balaban J connectivity index is 1.91. The second-order valence-electron chi connectivity index (χ2n) is 9.21. The Hall–Kier alpha value is -2.87. The number of fused-ring (bicyclic) bond motifs is 1. The van der Waals surface area contributed by atoms with Gasteiger partial charge in [0.05, 0.1) is 0 Å². The van der Waals surface area contributed by atoms with Gasteiger partial charge in [0.2, 0.25) is 0 Å². The number of aryl methyl sites for hydroxylation is 2. The molecule has 0 bridgehead atoms. The standard InChI is InChI=1S/C27H29NO/c1-19-11-14-21(15-12-19)25(29)28-24-16-13-20(2)17-23(24)27(5,18-26(28,3)4)22-9-7-6-8-10-22/h6-17H,18H2,1-5H3/t27-/m0/s1. The molecule has 0 radical (unpaired) electrons. The van der Waals surface area contributed by atoms with Crippen LogP contribution in [0.1, 0.15) is 59.8 Å². The van der Waals surface area contributed by atoms with Gasteiger partial charge in [-0.15, -0.1) is 0 Å². The summed E-state index contributed by atoms with van der Waals surface area (Å²) in [7, 11) is 0. The summed E-state index contributed by atoms with van der Waals surface area (Å²) in [6.07, 6.45) is 0.859. The fraction of sp³-hybridized carbons (Fsp3) is 0.296. The molecule has 0 spiro atoms. The predicted octanol–water partition coefficient (Wildman–Crippen LogP) is 6.44. The Morgan fingerprint density at radius 2 is 1.45 bits per heavy atom. The number of hydrogen-bond acceptors (Lipinski definition) is 1. The molecule has 3 aromatic carbocycles. The van der Waals surface area contributed by atoms with Crippen LogP contribution in [-0.2, 0) is 5.41 Å². The number of rotatable bonds is 2. The summed E-state index contributed by atoms with van der Waals surface area (Å²) in [6.45, 7) is 10.8. The van der Waals surface area contributed by atoms with Crippen molar-refractivity contribution in [2.24, 2.45) is 0 Å². The molecule has 4 rings (SSSR count). The lowest BCUT2D eigenvalue weighted by molar-refractivity contribution is 0.0948. The molecule has 29 heavy (non-hydrogen) atoms. The minimum Gasteiger partial charge on any atom is -0.302 e. The highest BCUT2D eigenvalue weighted by molar-refractivity contribution is 6.08. The Morgan fingerprint density at radius 1 is 0.828 bits per heavy atom. The third-order valence-corrected chi connectivity index (χ3v) is 6.29. The highest BCUT2D eigenvalue weighted by Gasteiger charge is 2.47. The summed E-state index contributed by atoms with van der Waals surface area (Å²) < 4.78 is 0. The van der Waals surface area contributed by atoms with E-state index < -0.39 is 0 Å². The van der Waals surface area contributed by atoms with Crippen LogP contribution in [0.15, 0.2) is 72.8 Å². The first-order valence-corrected chi connectivity index (χ1v) is 10.3. The van der Waals surface area contributed by atoms with Gasteiger partial charge in [0, 0.05) is 22.2 Å². The second kappa shape index (κ2) is 6.88. The lowest BCUT2D eigenvalue weighted by Crippen LogP contribution is -2.55. The minimum absolute atomic E-state index is 0.0650. The van der Waals surface area contributed by atoms with Crippen molar-refractivity contribution < 1.29 is 4.79 Å². The molecule has 0 aliphatic carbocycles. The zero-order valence-corrected chi connectivity index (χ0v) is 18.0. The SMILES string of the molecule is Cc1ccc(C(=O)N2c3ccc(C)cc3[C@](C)(c3ccccc3)CC2(C)C)cc1. The molecule has 0 saturated heterocycles. The van der Waals surface area contributed by atoms with Crippen molar-refractivity contribution in [3.05, 3.63) is 101 Å². The van der Waals surface area contributed by atoms with Crippen molar-refractivity contribution in [3.8, 4) is 0 Å². The summed E-state index contributed by atoms with van der Waals surface area (Å²) in [5, 5.41) is 0. The van der Waals surface area contributed by atoms with Gasteiger partial charge in [-0.25, -0.2) is 0 Å². The maximum Gasteiger partial charge on any atom is 0.258 e. The zero-order chi connectivity index (χ0) is 20.8. The lowest BCUT2D eigenvalue weighted by atomic mass is 9.65. The van der Waals surface area contributed by atoms with E-state index in [-0.39, 0.29) is 16.9 Å². The van der Waals surface area contributed by atoms with Crippen molar-refractivity contribution in [1.29, 1.82) is 0 Å². The van der Waals surface area contributed by atoms with Gasteiger partial charge >= 0.3 is 0 Å². The average molecular weight is 384 g/mol. The fourth-order valence-electron chi connectivity index (χ4n) is 4.93. The fourth-order valence-corrected chi connectivity index (χ4v) is 4.93. The van der Waals surface area contributed by atoms with Crippen LogP contribution < -0.4 is 4.90 Å². The van der Waals surface area contributed by atoms with Gasteiger partial charge in [-0.3, -0.25) is 4.79 Å². The largest absolute Gasteiger partial charge is 0.302 e. The first-order valence-electron chi connectivity index (χ1n) is 10.3. The second-order valence-corrected chi connectivity index (χ2v) is 9.21. The number of carbonyl (C=O) groups excluding carboxylic acids is 1. The van der Waals surface area contributed by atoms with Gasteiger partial charge in [-0.1, -0.05) is 72.6 Å².